The molecule has 3 aromatic rings. The van der Waals surface area contributed by atoms with Gasteiger partial charge in [-0.2, -0.15) is 4.98 Å². The fourth-order valence-corrected chi connectivity index (χ4v) is 5.18. The minimum absolute atomic E-state index is 0.0583. The third-order valence-corrected chi connectivity index (χ3v) is 6.80. The van der Waals surface area contributed by atoms with Crippen LogP contribution in [-0.2, 0) is 16.0 Å². The third kappa shape index (κ3) is 3.69. The van der Waals surface area contributed by atoms with Crippen molar-refractivity contribution in [1.82, 2.24) is 15.0 Å². The number of rotatable bonds is 6. The number of ether oxygens (including phenoxy) is 1. The second kappa shape index (κ2) is 8.39. The largest absolute Gasteiger partial charge is 0.468 e. The summed E-state index contributed by atoms with van der Waals surface area (Å²) in [6.07, 6.45) is 1.25. The van der Waals surface area contributed by atoms with E-state index in [2.05, 4.69) is 10.1 Å². The van der Waals surface area contributed by atoms with Crippen LogP contribution in [0.4, 0.5) is 4.39 Å². The maximum Gasteiger partial charge on any atom is 0.238 e. The standard InChI is InChI=1S/C24H22ClFN4O4/c1-24-12-14(13-6-2-3-9-17(13)33-24)19(21(27)31)23(32)30(24)11-5-10-18-28-22(29-34-18)20-15(25)7-4-8-16(20)26/h2-4,6-9,14,19H,5,10-12H2,1H3,(H2,27,31)/t14-,19-,24-/m0/s1. The number of hydrogen-bond donors (Lipinski definition) is 1. The Labute approximate surface area is 199 Å². The van der Waals surface area contributed by atoms with Gasteiger partial charge in [-0.15, -0.1) is 0 Å². The molecule has 1 aromatic heterocycles. The summed E-state index contributed by atoms with van der Waals surface area (Å²) in [4.78, 5) is 31.4. The second-order valence-electron chi connectivity index (χ2n) is 8.71. The average Bonchev–Trinajstić information content (AvgIpc) is 3.24. The number of para-hydroxylation sites is 1. The second-order valence-corrected chi connectivity index (χ2v) is 9.11. The van der Waals surface area contributed by atoms with Crippen LogP contribution in [0.15, 0.2) is 47.0 Å². The van der Waals surface area contributed by atoms with Crippen LogP contribution in [0.1, 0.15) is 37.1 Å². The molecule has 34 heavy (non-hydrogen) atoms. The summed E-state index contributed by atoms with van der Waals surface area (Å²) in [5.41, 5.74) is 5.63. The van der Waals surface area contributed by atoms with Gasteiger partial charge in [-0.25, -0.2) is 4.39 Å². The fraction of sp³-hybridized carbons (Fsp3) is 0.333. The van der Waals surface area contributed by atoms with Gasteiger partial charge in [0.1, 0.15) is 17.5 Å². The SMILES string of the molecule is C[C@@]12C[C@@H](c3ccccc3O1)[C@@H](C(N)=O)C(=O)N2CCCc1nc(-c2c(F)cccc2Cl)no1. The zero-order valence-electron chi connectivity index (χ0n) is 18.3. The molecule has 2 bridgehead atoms. The zero-order chi connectivity index (χ0) is 24.0. The monoisotopic (exact) mass is 484 g/mol. The average molecular weight is 485 g/mol. The Kier molecular flexibility index (Phi) is 5.51. The number of piperidine rings is 1. The number of nitrogens with zero attached hydrogens (tertiary/aromatic N) is 3. The summed E-state index contributed by atoms with van der Waals surface area (Å²) in [6.45, 7) is 2.13. The summed E-state index contributed by atoms with van der Waals surface area (Å²) in [7, 11) is 0. The number of likely N-dealkylation sites (tertiary alicyclic amines) is 1. The minimum Gasteiger partial charge on any atom is -0.468 e. The van der Waals surface area contributed by atoms with Gasteiger partial charge in [0.25, 0.3) is 0 Å². The van der Waals surface area contributed by atoms with E-state index >= 15 is 0 Å². The molecule has 0 spiro atoms. The smallest absolute Gasteiger partial charge is 0.238 e. The highest BCUT2D eigenvalue weighted by molar-refractivity contribution is 6.33. The zero-order valence-corrected chi connectivity index (χ0v) is 19.1. The van der Waals surface area contributed by atoms with E-state index in [1.807, 2.05) is 31.2 Å². The van der Waals surface area contributed by atoms with Gasteiger partial charge in [0.2, 0.25) is 23.5 Å². The molecule has 10 heteroatoms. The number of hydrogen-bond acceptors (Lipinski definition) is 6. The number of aryl methyl sites for hydroxylation is 1. The van der Waals surface area contributed by atoms with Gasteiger partial charge in [-0.1, -0.05) is 41.0 Å². The lowest BCUT2D eigenvalue weighted by molar-refractivity contribution is -0.175. The lowest BCUT2D eigenvalue weighted by Crippen LogP contribution is -2.64. The number of carbonyl (C=O) groups excluding carboxylic acids is 2. The number of aromatic nitrogens is 2. The van der Waals surface area contributed by atoms with E-state index in [9.17, 15) is 14.0 Å². The van der Waals surface area contributed by atoms with Crippen molar-refractivity contribution in [2.75, 3.05) is 6.54 Å². The van der Waals surface area contributed by atoms with Crippen molar-refractivity contribution in [3.05, 3.63) is 64.8 Å². The molecule has 176 valence electrons. The van der Waals surface area contributed by atoms with Gasteiger partial charge in [-0.05, 0) is 37.1 Å². The van der Waals surface area contributed by atoms with E-state index in [1.165, 1.54) is 12.1 Å². The van der Waals surface area contributed by atoms with Crippen molar-refractivity contribution in [2.45, 2.75) is 37.8 Å². The molecule has 5 rings (SSSR count). The van der Waals surface area contributed by atoms with Gasteiger partial charge < -0.3 is 19.9 Å². The first-order valence-electron chi connectivity index (χ1n) is 10.9. The first-order chi connectivity index (χ1) is 16.3. The summed E-state index contributed by atoms with van der Waals surface area (Å²) in [5, 5.41) is 4.02. The minimum atomic E-state index is -0.962. The molecule has 0 saturated carbocycles. The van der Waals surface area contributed by atoms with Crippen LogP contribution in [-0.4, -0.2) is 39.1 Å². The summed E-state index contributed by atoms with van der Waals surface area (Å²) in [6, 6.07) is 11.7. The van der Waals surface area contributed by atoms with Crippen molar-refractivity contribution < 1.29 is 23.2 Å². The normalized spacial score (nSPS) is 23.4. The van der Waals surface area contributed by atoms with Gasteiger partial charge in [0, 0.05) is 25.3 Å². The molecule has 2 aliphatic rings. The molecule has 2 amide bonds. The third-order valence-electron chi connectivity index (χ3n) is 6.49. The molecule has 8 nitrogen and oxygen atoms in total. The number of halogens is 2. The van der Waals surface area contributed by atoms with Gasteiger partial charge in [0.05, 0.1) is 10.6 Å². The Morgan fingerprint density at radius 3 is 2.85 bits per heavy atom. The maximum atomic E-state index is 14.2. The quantitative estimate of drug-likeness (QED) is 0.534. The Bertz CT molecular complexity index is 1260. The van der Waals surface area contributed by atoms with E-state index < -0.39 is 23.4 Å². The fourth-order valence-electron chi connectivity index (χ4n) is 4.94. The molecule has 3 heterocycles. The van der Waals surface area contributed by atoms with Crippen LogP contribution in [0.5, 0.6) is 5.75 Å². The van der Waals surface area contributed by atoms with Crippen molar-refractivity contribution in [3.63, 3.8) is 0 Å². The van der Waals surface area contributed by atoms with Crippen LogP contribution >= 0.6 is 11.6 Å². The van der Waals surface area contributed by atoms with Crippen molar-refractivity contribution >= 4 is 23.4 Å². The number of amides is 2. The molecule has 1 fully saturated rings. The van der Waals surface area contributed by atoms with Crippen LogP contribution in [0.25, 0.3) is 11.4 Å². The predicted octanol–water partition coefficient (Wildman–Crippen LogP) is 3.69. The van der Waals surface area contributed by atoms with E-state index in [-0.39, 0.29) is 40.7 Å². The Morgan fingerprint density at radius 2 is 2.09 bits per heavy atom. The first kappa shape index (κ1) is 22.3. The Hall–Kier alpha value is -3.46. The van der Waals surface area contributed by atoms with Crippen molar-refractivity contribution in [1.29, 1.82) is 0 Å². The lowest BCUT2D eigenvalue weighted by Gasteiger charge is -2.52. The number of nitrogens with two attached hydrogens (primary N) is 1. The van der Waals surface area contributed by atoms with Crippen LogP contribution in [0.2, 0.25) is 5.02 Å². The molecule has 0 unspecified atom stereocenters. The maximum absolute atomic E-state index is 14.2. The van der Waals surface area contributed by atoms with Crippen LogP contribution in [0.3, 0.4) is 0 Å². The molecule has 1 saturated heterocycles. The van der Waals surface area contributed by atoms with Crippen LogP contribution in [0, 0.1) is 11.7 Å². The molecular weight excluding hydrogens is 463 g/mol. The van der Waals surface area contributed by atoms with Gasteiger partial charge >= 0.3 is 0 Å². The highest BCUT2D eigenvalue weighted by Gasteiger charge is 2.55. The molecule has 2 aliphatic heterocycles. The van der Waals surface area contributed by atoms with E-state index in [0.717, 1.165) is 5.56 Å². The van der Waals surface area contributed by atoms with Crippen molar-refractivity contribution in [3.8, 4) is 17.1 Å². The molecule has 0 aliphatic carbocycles. The summed E-state index contributed by atoms with van der Waals surface area (Å²) >= 11 is 6.08. The molecular formula is C24H22ClFN4O4. The molecule has 3 atom stereocenters. The predicted molar refractivity (Wildman–Crippen MR) is 120 cm³/mol. The number of primary amides is 1. The Balaban J connectivity index is 1.34. The lowest BCUT2D eigenvalue weighted by atomic mass is 9.73. The van der Waals surface area contributed by atoms with E-state index in [4.69, 9.17) is 26.6 Å². The van der Waals surface area contributed by atoms with Crippen LogP contribution < -0.4 is 10.5 Å². The van der Waals surface area contributed by atoms with Gasteiger partial charge in [0.15, 0.2) is 5.72 Å². The first-order valence-corrected chi connectivity index (χ1v) is 11.3. The van der Waals surface area contributed by atoms with E-state index in [1.54, 1.807) is 11.0 Å². The van der Waals surface area contributed by atoms with Gasteiger partial charge in [-0.3, -0.25) is 9.59 Å². The number of fused-ring (bicyclic) bond motifs is 4. The van der Waals surface area contributed by atoms with E-state index in [0.29, 0.717) is 25.0 Å². The number of benzene rings is 2. The van der Waals surface area contributed by atoms with Crippen molar-refractivity contribution in [2.24, 2.45) is 11.7 Å². The molecule has 0 radical (unpaired) electrons. The Morgan fingerprint density at radius 1 is 1.29 bits per heavy atom. The summed E-state index contributed by atoms with van der Waals surface area (Å²) < 4.78 is 25.7. The molecule has 2 N–H and O–H groups in total. The number of carbonyl (C=O) groups is 2. The summed E-state index contributed by atoms with van der Waals surface area (Å²) in [5.74, 6) is -1.86. The molecule has 2 aromatic carbocycles. The highest BCUT2D eigenvalue weighted by atomic mass is 35.5. The highest BCUT2D eigenvalue weighted by Crippen LogP contribution is 2.50. The topological polar surface area (TPSA) is 112 Å².